The topological polar surface area (TPSA) is 92.5 Å². The number of phenolic OH excluding ortho intramolecular Hbond substituents is 2. The van der Waals surface area contributed by atoms with Gasteiger partial charge in [0.2, 0.25) is 0 Å². The molecule has 0 aliphatic heterocycles. The van der Waals surface area contributed by atoms with Crippen molar-refractivity contribution in [3.05, 3.63) is 59.7 Å². The first-order valence-corrected chi connectivity index (χ1v) is 5.67. The minimum Gasteiger partial charge on any atom is -0.508 e. The van der Waals surface area contributed by atoms with Gasteiger partial charge < -0.3 is 21.7 Å². The quantitative estimate of drug-likeness (QED) is 0.662. The van der Waals surface area contributed by atoms with Gasteiger partial charge >= 0.3 is 0 Å². The van der Waals surface area contributed by atoms with Gasteiger partial charge in [-0.1, -0.05) is 24.3 Å². The summed E-state index contributed by atoms with van der Waals surface area (Å²) in [6.45, 7) is 0. The van der Waals surface area contributed by atoms with Gasteiger partial charge in [-0.05, 0) is 35.4 Å². The summed E-state index contributed by atoms with van der Waals surface area (Å²) in [6.07, 6.45) is 0. The molecule has 2 aromatic carbocycles. The lowest BCUT2D eigenvalue weighted by Crippen LogP contribution is -2.26. The molecule has 0 bridgehead atoms. The third kappa shape index (κ3) is 2.61. The van der Waals surface area contributed by atoms with Gasteiger partial charge in [0, 0.05) is 12.1 Å². The van der Waals surface area contributed by atoms with Crippen LogP contribution in [0.15, 0.2) is 48.5 Å². The maximum absolute atomic E-state index is 9.42. The fourth-order valence-electron chi connectivity index (χ4n) is 1.88. The number of benzene rings is 2. The normalized spacial score (nSPS) is 14.1. The molecule has 0 saturated carbocycles. The van der Waals surface area contributed by atoms with Crippen LogP contribution < -0.4 is 11.5 Å². The summed E-state index contributed by atoms with van der Waals surface area (Å²) in [7, 11) is 0. The van der Waals surface area contributed by atoms with E-state index in [1.54, 1.807) is 36.4 Å². The monoisotopic (exact) mass is 244 g/mol. The summed E-state index contributed by atoms with van der Waals surface area (Å²) < 4.78 is 0. The Morgan fingerprint density at radius 2 is 1.11 bits per heavy atom. The average Bonchev–Trinajstić information content (AvgIpc) is 2.37. The summed E-state index contributed by atoms with van der Waals surface area (Å²) in [5, 5.41) is 18.8. The number of aromatic hydroxyl groups is 2. The zero-order valence-electron chi connectivity index (χ0n) is 9.82. The van der Waals surface area contributed by atoms with E-state index in [0.717, 1.165) is 11.1 Å². The molecule has 94 valence electrons. The minimum absolute atomic E-state index is 0.158. The van der Waals surface area contributed by atoms with Crippen LogP contribution in [0.5, 0.6) is 11.5 Å². The van der Waals surface area contributed by atoms with Crippen LogP contribution in [0.1, 0.15) is 23.2 Å². The molecule has 0 spiro atoms. The molecule has 0 aromatic heterocycles. The first-order chi connectivity index (χ1) is 8.58. The predicted octanol–water partition coefficient (Wildman–Crippen LogP) is 1.80. The zero-order chi connectivity index (χ0) is 13.1. The van der Waals surface area contributed by atoms with Crippen LogP contribution in [0.25, 0.3) is 0 Å². The van der Waals surface area contributed by atoms with Gasteiger partial charge in [-0.2, -0.15) is 0 Å². The molecule has 0 aliphatic carbocycles. The summed E-state index contributed by atoms with van der Waals surface area (Å²) in [5.41, 5.74) is 13.7. The van der Waals surface area contributed by atoms with Gasteiger partial charge in [-0.15, -0.1) is 0 Å². The second-order valence-electron chi connectivity index (χ2n) is 4.24. The Hall–Kier alpha value is -2.04. The van der Waals surface area contributed by atoms with Crippen molar-refractivity contribution in [3.63, 3.8) is 0 Å². The summed E-state index contributed by atoms with van der Waals surface area (Å²) in [4.78, 5) is 0. The van der Waals surface area contributed by atoms with Crippen molar-refractivity contribution in [2.75, 3.05) is 0 Å². The van der Waals surface area contributed by atoms with Gasteiger partial charge in [0.1, 0.15) is 11.5 Å². The fraction of sp³-hybridized carbons (Fsp3) is 0.143. The Kier molecular flexibility index (Phi) is 3.50. The first kappa shape index (κ1) is 12.4. The number of phenols is 2. The second-order valence-corrected chi connectivity index (χ2v) is 4.24. The Morgan fingerprint density at radius 3 is 1.44 bits per heavy atom. The van der Waals surface area contributed by atoms with E-state index < -0.39 is 12.1 Å². The molecule has 0 amide bonds. The number of hydrogen-bond donors (Lipinski definition) is 4. The van der Waals surface area contributed by atoms with Crippen molar-refractivity contribution < 1.29 is 10.2 Å². The Morgan fingerprint density at radius 1 is 0.722 bits per heavy atom. The van der Waals surface area contributed by atoms with Crippen molar-refractivity contribution in [1.82, 2.24) is 0 Å². The highest BCUT2D eigenvalue weighted by atomic mass is 16.3. The second kappa shape index (κ2) is 5.08. The molecule has 0 heterocycles. The molecule has 6 N–H and O–H groups in total. The number of nitrogens with two attached hydrogens (primary N) is 2. The fourth-order valence-corrected chi connectivity index (χ4v) is 1.88. The van der Waals surface area contributed by atoms with Crippen LogP contribution in [-0.2, 0) is 0 Å². The minimum atomic E-state index is -0.445. The molecule has 18 heavy (non-hydrogen) atoms. The van der Waals surface area contributed by atoms with Crippen molar-refractivity contribution in [3.8, 4) is 11.5 Å². The van der Waals surface area contributed by atoms with Crippen LogP contribution in [0.4, 0.5) is 0 Å². The largest absolute Gasteiger partial charge is 0.508 e. The van der Waals surface area contributed by atoms with Crippen LogP contribution >= 0.6 is 0 Å². The van der Waals surface area contributed by atoms with Gasteiger partial charge in [0.05, 0.1) is 0 Å². The summed E-state index contributed by atoms with van der Waals surface area (Å²) >= 11 is 0. The molecule has 4 nitrogen and oxygen atoms in total. The maximum Gasteiger partial charge on any atom is 0.115 e. The van der Waals surface area contributed by atoms with E-state index in [-0.39, 0.29) is 11.5 Å². The van der Waals surface area contributed by atoms with Gasteiger partial charge in [0.25, 0.3) is 0 Å². The lowest BCUT2D eigenvalue weighted by atomic mass is 9.94. The summed E-state index contributed by atoms with van der Waals surface area (Å²) in [6, 6.07) is 12.5. The molecule has 0 aliphatic rings. The molecule has 0 radical (unpaired) electrons. The van der Waals surface area contributed by atoms with E-state index >= 15 is 0 Å². The van der Waals surface area contributed by atoms with E-state index in [4.69, 9.17) is 11.5 Å². The van der Waals surface area contributed by atoms with Crippen molar-refractivity contribution in [1.29, 1.82) is 0 Å². The molecule has 2 atom stereocenters. The highest BCUT2D eigenvalue weighted by molar-refractivity contribution is 5.34. The smallest absolute Gasteiger partial charge is 0.115 e. The highest BCUT2D eigenvalue weighted by Gasteiger charge is 2.17. The maximum atomic E-state index is 9.42. The lowest BCUT2D eigenvalue weighted by Gasteiger charge is -2.21. The van der Waals surface area contributed by atoms with Gasteiger partial charge in [0.15, 0.2) is 0 Å². The van der Waals surface area contributed by atoms with Crippen LogP contribution in [0.2, 0.25) is 0 Å². The molecular weight excluding hydrogens is 228 g/mol. The van der Waals surface area contributed by atoms with E-state index in [2.05, 4.69) is 0 Å². The predicted molar refractivity (Wildman–Crippen MR) is 70.1 cm³/mol. The third-order valence-corrected chi connectivity index (χ3v) is 2.90. The van der Waals surface area contributed by atoms with E-state index in [9.17, 15) is 10.2 Å². The molecular formula is C14H16N2O2. The lowest BCUT2D eigenvalue weighted by molar-refractivity contribution is 0.468. The Bertz CT molecular complexity index is 493. The number of rotatable bonds is 3. The molecule has 4 heteroatoms. The molecule has 2 rings (SSSR count). The highest BCUT2D eigenvalue weighted by Crippen LogP contribution is 2.27. The van der Waals surface area contributed by atoms with Crippen molar-refractivity contribution >= 4 is 0 Å². The Labute approximate surface area is 105 Å². The zero-order valence-corrected chi connectivity index (χ0v) is 9.82. The van der Waals surface area contributed by atoms with Crippen LogP contribution in [0.3, 0.4) is 0 Å². The number of hydrogen-bond acceptors (Lipinski definition) is 4. The van der Waals surface area contributed by atoms with Crippen molar-refractivity contribution in [2.24, 2.45) is 11.5 Å². The molecule has 0 fully saturated rings. The van der Waals surface area contributed by atoms with E-state index in [1.165, 1.54) is 0 Å². The van der Waals surface area contributed by atoms with Gasteiger partial charge in [-0.3, -0.25) is 0 Å². The van der Waals surface area contributed by atoms with E-state index in [1.807, 2.05) is 12.1 Å². The molecule has 2 aromatic rings. The SMILES string of the molecule is N[C@H](c1cccc(O)c1)[C@@H](N)c1cccc(O)c1. The summed E-state index contributed by atoms with van der Waals surface area (Å²) in [5.74, 6) is 0.317. The van der Waals surface area contributed by atoms with Crippen molar-refractivity contribution in [2.45, 2.75) is 12.1 Å². The molecule has 0 saturated heterocycles. The van der Waals surface area contributed by atoms with Crippen LogP contribution in [-0.4, -0.2) is 10.2 Å². The molecule has 0 unspecified atom stereocenters. The third-order valence-electron chi connectivity index (χ3n) is 2.90. The van der Waals surface area contributed by atoms with Crippen LogP contribution in [0, 0.1) is 0 Å². The average molecular weight is 244 g/mol. The first-order valence-electron chi connectivity index (χ1n) is 5.67. The van der Waals surface area contributed by atoms with E-state index in [0.29, 0.717) is 0 Å². The van der Waals surface area contributed by atoms with Gasteiger partial charge in [-0.25, -0.2) is 0 Å². The standard InChI is InChI=1S/C14H16N2O2/c15-13(9-3-1-5-11(17)7-9)14(16)10-4-2-6-12(18)8-10/h1-8,13-14,17-18H,15-16H2/t13-,14+. The Balaban J connectivity index is 2.26.